The number of rotatable bonds is 7. The fourth-order valence-electron chi connectivity index (χ4n) is 4.79. The molecule has 0 radical (unpaired) electrons. The number of anilines is 2. The van der Waals surface area contributed by atoms with Gasteiger partial charge in [0.2, 0.25) is 0 Å². The van der Waals surface area contributed by atoms with Crippen LogP contribution in [0.5, 0.6) is 5.75 Å². The molecule has 0 unspecified atom stereocenters. The lowest BCUT2D eigenvalue weighted by atomic mass is 10.1. The molecule has 38 heavy (non-hydrogen) atoms. The molecule has 10 heteroatoms. The van der Waals surface area contributed by atoms with Crippen LogP contribution < -0.4 is 10.1 Å². The van der Waals surface area contributed by atoms with Crippen molar-refractivity contribution in [2.75, 3.05) is 11.9 Å². The van der Waals surface area contributed by atoms with E-state index in [1.165, 1.54) is 18.3 Å². The Hall–Kier alpha value is -4.47. The Bertz CT molecular complexity index is 1650. The average Bonchev–Trinajstić information content (AvgIpc) is 3.53. The van der Waals surface area contributed by atoms with Gasteiger partial charge in [-0.15, -0.1) is 0 Å². The summed E-state index contributed by atoms with van der Waals surface area (Å²) < 4.78 is 50.9. The molecule has 192 valence electrons. The van der Waals surface area contributed by atoms with Crippen molar-refractivity contribution in [3.63, 3.8) is 0 Å². The fraction of sp³-hybridized carbons (Fsp3) is 0.214. The van der Waals surface area contributed by atoms with Crippen LogP contribution in [-0.2, 0) is 19.4 Å². The molecule has 1 aliphatic rings. The van der Waals surface area contributed by atoms with E-state index >= 15 is 0 Å². The Labute approximate surface area is 216 Å². The number of aryl methyl sites for hydroxylation is 1. The fourth-order valence-corrected chi connectivity index (χ4v) is 4.79. The van der Waals surface area contributed by atoms with Crippen LogP contribution in [0.2, 0.25) is 0 Å². The molecule has 0 fully saturated rings. The first-order valence-electron chi connectivity index (χ1n) is 12.3. The summed E-state index contributed by atoms with van der Waals surface area (Å²) >= 11 is 0. The van der Waals surface area contributed by atoms with Gasteiger partial charge in [-0.1, -0.05) is 18.2 Å². The van der Waals surface area contributed by atoms with Crippen molar-refractivity contribution in [2.45, 2.75) is 32.7 Å². The van der Waals surface area contributed by atoms with Gasteiger partial charge in [0, 0.05) is 40.5 Å². The smallest absolute Gasteiger partial charge is 0.182 e. The van der Waals surface area contributed by atoms with Crippen molar-refractivity contribution in [3.05, 3.63) is 89.1 Å². The van der Waals surface area contributed by atoms with Crippen LogP contribution in [0.1, 0.15) is 30.2 Å². The van der Waals surface area contributed by atoms with E-state index in [2.05, 4.69) is 10.3 Å². The Morgan fingerprint density at radius 2 is 1.82 bits per heavy atom. The van der Waals surface area contributed by atoms with Gasteiger partial charge in [0.05, 0.1) is 30.6 Å². The van der Waals surface area contributed by atoms with E-state index in [-0.39, 0.29) is 23.5 Å². The summed E-state index contributed by atoms with van der Waals surface area (Å²) in [6.45, 7) is 1.91. The second-order valence-corrected chi connectivity index (χ2v) is 8.98. The van der Waals surface area contributed by atoms with Crippen LogP contribution >= 0.6 is 0 Å². The van der Waals surface area contributed by atoms with Gasteiger partial charge < -0.3 is 10.1 Å². The van der Waals surface area contributed by atoms with Gasteiger partial charge in [-0.2, -0.15) is 5.10 Å². The van der Waals surface area contributed by atoms with E-state index in [0.717, 1.165) is 42.1 Å². The number of benzene rings is 2. The molecule has 0 amide bonds. The number of aromatic nitrogens is 5. The van der Waals surface area contributed by atoms with Gasteiger partial charge in [-0.25, -0.2) is 23.1 Å². The normalized spacial score (nSPS) is 12.6. The number of fused-ring (bicyclic) bond motifs is 2. The zero-order valence-corrected chi connectivity index (χ0v) is 20.5. The highest BCUT2D eigenvalue weighted by Gasteiger charge is 2.24. The number of nitrogens with zero attached hydrogens (tertiary/aromatic N) is 5. The Morgan fingerprint density at radius 1 is 1.00 bits per heavy atom. The lowest BCUT2D eigenvalue weighted by Gasteiger charge is -2.12. The van der Waals surface area contributed by atoms with E-state index in [1.54, 1.807) is 17.7 Å². The first-order chi connectivity index (χ1) is 18.5. The minimum Gasteiger partial charge on any atom is -0.494 e. The zero-order valence-electron chi connectivity index (χ0n) is 20.5. The summed E-state index contributed by atoms with van der Waals surface area (Å²) in [5, 5.41) is 8.53. The van der Waals surface area contributed by atoms with Crippen molar-refractivity contribution in [1.29, 1.82) is 0 Å². The van der Waals surface area contributed by atoms with Crippen molar-refractivity contribution >= 4 is 22.4 Å². The monoisotopic (exact) mass is 516 g/mol. The van der Waals surface area contributed by atoms with Crippen LogP contribution in [-0.4, -0.2) is 31.3 Å². The third kappa shape index (κ3) is 4.31. The maximum atomic E-state index is 14.9. The molecule has 0 atom stereocenters. The second kappa shape index (κ2) is 9.77. The van der Waals surface area contributed by atoms with Crippen LogP contribution in [0.3, 0.4) is 0 Å². The molecule has 7 nitrogen and oxygen atoms in total. The molecule has 0 spiro atoms. The topological polar surface area (TPSA) is 77.8 Å². The van der Waals surface area contributed by atoms with E-state index in [9.17, 15) is 13.2 Å². The van der Waals surface area contributed by atoms with E-state index < -0.39 is 17.5 Å². The third-order valence-corrected chi connectivity index (χ3v) is 6.56. The summed E-state index contributed by atoms with van der Waals surface area (Å²) in [6.07, 6.45) is 5.09. The molecule has 3 aromatic heterocycles. The standard InChI is InChI=1S/C28H23F3N6O/c1-2-38-16-12-20(29)19(21(30)13-16)15-37-25-9-4-3-6-18(25)26(36-37)28-33-23-8-5-7-17(23)27(35-28)34-24-10-11-32-14-22(24)31/h3-4,6,9-14H,2,5,7-8,15H2,1H3,(H,32,33,34,35). The summed E-state index contributed by atoms with van der Waals surface area (Å²) in [5.41, 5.74) is 3.09. The number of hydrogen-bond acceptors (Lipinski definition) is 6. The summed E-state index contributed by atoms with van der Waals surface area (Å²) in [5.74, 6) is -0.925. The Morgan fingerprint density at radius 3 is 2.61 bits per heavy atom. The quantitative estimate of drug-likeness (QED) is 0.287. The molecule has 0 saturated heterocycles. The molecular weight excluding hydrogens is 493 g/mol. The summed E-state index contributed by atoms with van der Waals surface area (Å²) in [6, 6.07) is 11.3. The second-order valence-electron chi connectivity index (χ2n) is 8.98. The lowest BCUT2D eigenvalue weighted by Crippen LogP contribution is -2.08. The average molecular weight is 517 g/mol. The van der Waals surface area contributed by atoms with Crippen molar-refractivity contribution in [1.82, 2.24) is 24.7 Å². The Kier molecular flexibility index (Phi) is 6.15. The van der Waals surface area contributed by atoms with E-state index in [4.69, 9.17) is 19.8 Å². The van der Waals surface area contributed by atoms with Crippen LogP contribution in [0.4, 0.5) is 24.7 Å². The molecule has 3 heterocycles. The molecule has 1 aliphatic carbocycles. The van der Waals surface area contributed by atoms with Crippen molar-refractivity contribution in [3.8, 4) is 17.3 Å². The maximum absolute atomic E-state index is 14.9. The zero-order chi connectivity index (χ0) is 26.2. The van der Waals surface area contributed by atoms with Crippen molar-refractivity contribution in [2.24, 2.45) is 0 Å². The van der Waals surface area contributed by atoms with Gasteiger partial charge in [-0.3, -0.25) is 9.67 Å². The van der Waals surface area contributed by atoms with Crippen LogP contribution in [0, 0.1) is 17.5 Å². The summed E-state index contributed by atoms with van der Waals surface area (Å²) in [7, 11) is 0. The molecular formula is C28H23F3N6O. The highest BCUT2D eigenvalue weighted by molar-refractivity contribution is 5.92. The first kappa shape index (κ1) is 23.9. The number of pyridine rings is 1. The van der Waals surface area contributed by atoms with Crippen LogP contribution in [0.15, 0.2) is 54.9 Å². The molecule has 1 N–H and O–H groups in total. The number of halogens is 3. The van der Waals surface area contributed by atoms with Gasteiger partial charge in [0.15, 0.2) is 11.6 Å². The molecule has 6 rings (SSSR count). The highest BCUT2D eigenvalue weighted by atomic mass is 19.1. The number of hydrogen-bond donors (Lipinski definition) is 1. The first-order valence-corrected chi connectivity index (χ1v) is 12.3. The largest absolute Gasteiger partial charge is 0.494 e. The van der Waals surface area contributed by atoms with E-state index in [1.807, 2.05) is 24.3 Å². The maximum Gasteiger partial charge on any atom is 0.182 e. The third-order valence-electron chi connectivity index (χ3n) is 6.56. The van der Waals surface area contributed by atoms with Crippen molar-refractivity contribution < 1.29 is 17.9 Å². The van der Waals surface area contributed by atoms with Gasteiger partial charge in [0.1, 0.15) is 28.9 Å². The highest BCUT2D eigenvalue weighted by Crippen LogP contribution is 2.34. The van der Waals surface area contributed by atoms with Crippen LogP contribution in [0.25, 0.3) is 22.4 Å². The molecule has 0 aliphatic heterocycles. The van der Waals surface area contributed by atoms with Gasteiger partial charge >= 0.3 is 0 Å². The minimum atomic E-state index is -0.714. The lowest BCUT2D eigenvalue weighted by molar-refractivity contribution is 0.335. The predicted octanol–water partition coefficient (Wildman–Crippen LogP) is 5.98. The van der Waals surface area contributed by atoms with Gasteiger partial charge in [-0.05, 0) is 38.3 Å². The molecule has 2 aromatic carbocycles. The number of para-hydroxylation sites is 1. The van der Waals surface area contributed by atoms with Gasteiger partial charge in [0.25, 0.3) is 0 Å². The summed E-state index contributed by atoms with van der Waals surface area (Å²) in [4.78, 5) is 13.3. The molecule has 5 aromatic rings. The van der Waals surface area contributed by atoms with E-state index in [0.29, 0.717) is 29.5 Å². The minimum absolute atomic E-state index is 0.126. The predicted molar refractivity (Wildman–Crippen MR) is 137 cm³/mol. The molecule has 0 bridgehead atoms. The Balaban J connectivity index is 1.44. The molecule has 0 saturated carbocycles. The SMILES string of the molecule is CCOc1cc(F)c(Cn2nc(-c3nc4c(c(Nc5ccncc5F)n3)CCC4)c3ccccc32)c(F)c1. The number of ether oxygens (including phenoxy) is 1. The number of nitrogens with one attached hydrogen (secondary N) is 1.